The lowest BCUT2D eigenvalue weighted by Crippen LogP contribution is -2.44. The molecule has 0 aliphatic heterocycles. The monoisotopic (exact) mass is 357 g/mol. The van der Waals surface area contributed by atoms with Crippen LogP contribution >= 0.6 is 0 Å². The van der Waals surface area contributed by atoms with E-state index in [0.29, 0.717) is 19.5 Å². The molecule has 1 atom stereocenters. The number of amides is 1. The van der Waals surface area contributed by atoms with Crippen LogP contribution in [-0.4, -0.2) is 48.2 Å². The van der Waals surface area contributed by atoms with Gasteiger partial charge in [-0.2, -0.15) is 0 Å². The highest BCUT2D eigenvalue weighted by Gasteiger charge is 2.25. The first kappa shape index (κ1) is 23.9. The molecule has 0 rings (SSSR count). The van der Waals surface area contributed by atoms with Crippen molar-refractivity contribution in [1.29, 1.82) is 0 Å². The van der Waals surface area contributed by atoms with Crippen molar-refractivity contribution in [3.05, 3.63) is 0 Å². The summed E-state index contributed by atoms with van der Waals surface area (Å²) in [4.78, 5) is 24.0. The van der Waals surface area contributed by atoms with Crippen LogP contribution in [0.15, 0.2) is 0 Å². The van der Waals surface area contributed by atoms with Crippen LogP contribution < -0.4 is 16.0 Å². The minimum Gasteiger partial charge on any atom is -0.459 e. The largest absolute Gasteiger partial charge is 0.459 e. The Morgan fingerprint density at radius 2 is 1.60 bits per heavy atom. The molecule has 0 spiro atoms. The molecule has 0 fully saturated rings. The van der Waals surface area contributed by atoms with Crippen LogP contribution in [0, 0.1) is 0 Å². The van der Waals surface area contributed by atoms with E-state index in [1.54, 1.807) is 0 Å². The summed E-state index contributed by atoms with van der Waals surface area (Å²) >= 11 is 0. The van der Waals surface area contributed by atoms with Gasteiger partial charge in [-0.15, -0.1) is 0 Å². The maximum Gasteiger partial charge on any atom is 0.323 e. The molecular formula is C19H39N3O3. The molecule has 6 nitrogen and oxygen atoms in total. The normalized spacial score (nSPS) is 13.6. The highest BCUT2D eigenvalue weighted by atomic mass is 16.6. The topological polar surface area (TPSA) is 79.5 Å². The molecular weight excluding hydrogens is 318 g/mol. The van der Waals surface area contributed by atoms with E-state index in [1.165, 1.54) is 0 Å². The van der Waals surface area contributed by atoms with Gasteiger partial charge in [0.15, 0.2) is 0 Å². The first-order chi connectivity index (χ1) is 11.3. The molecule has 0 saturated carbocycles. The molecule has 0 radical (unpaired) electrons. The third-order valence-electron chi connectivity index (χ3n) is 3.25. The van der Waals surface area contributed by atoms with Gasteiger partial charge >= 0.3 is 5.97 Å². The minimum absolute atomic E-state index is 0.000997. The summed E-state index contributed by atoms with van der Waals surface area (Å²) in [5.41, 5.74) is -0.553. The van der Waals surface area contributed by atoms with Crippen molar-refractivity contribution < 1.29 is 14.3 Å². The molecule has 0 heterocycles. The second kappa shape index (κ2) is 10.8. The highest BCUT2D eigenvalue weighted by molar-refractivity contribution is 5.78. The van der Waals surface area contributed by atoms with Crippen LogP contribution in [-0.2, 0) is 14.3 Å². The van der Waals surface area contributed by atoms with Crippen LogP contribution in [0.3, 0.4) is 0 Å². The van der Waals surface area contributed by atoms with E-state index in [4.69, 9.17) is 4.74 Å². The fraction of sp³-hybridized carbons (Fsp3) is 0.895. The van der Waals surface area contributed by atoms with Crippen LogP contribution in [0.5, 0.6) is 0 Å². The average molecular weight is 358 g/mol. The molecule has 0 aliphatic rings. The number of carbonyl (C=O) groups is 2. The van der Waals surface area contributed by atoms with E-state index >= 15 is 0 Å². The van der Waals surface area contributed by atoms with Crippen LogP contribution in [0.4, 0.5) is 0 Å². The molecule has 0 bridgehead atoms. The predicted octanol–water partition coefficient (Wildman–Crippen LogP) is 2.37. The number of ether oxygens (including phenoxy) is 1. The number of carbonyl (C=O) groups excluding carboxylic acids is 2. The van der Waals surface area contributed by atoms with Crippen molar-refractivity contribution in [3.8, 4) is 0 Å². The molecule has 148 valence electrons. The molecule has 0 aromatic carbocycles. The van der Waals surface area contributed by atoms with Crippen LogP contribution in [0.2, 0.25) is 0 Å². The van der Waals surface area contributed by atoms with Gasteiger partial charge < -0.3 is 20.7 Å². The Bertz CT molecular complexity index is 409. The van der Waals surface area contributed by atoms with E-state index in [-0.39, 0.29) is 29.5 Å². The molecule has 0 aromatic rings. The molecule has 6 heteroatoms. The summed E-state index contributed by atoms with van der Waals surface area (Å²) in [6.45, 7) is 16.7. The zero-order chi connectivity index (χ0) is 19.7. The van der Waals surface area contributed by atoms with Gasteiger partial charge in [0.1, 0.15) is 11.6 Å². The summed E-state index contributed by atoms with van der Waals surface area (Å²) < 4.78 is 5.48. The molecule has 0 aliphatic carbocycles. The molecule has 0 aromatic heterocycles. The molecule has 1 amide bonds. The molecule has 3 N–H and O–H groups in total. The second-order valence-electron chi connectivity index (χ2n) is 8.86. The Balaban J connectivity index is 4.14. The second-order valence-corrected chi connectivity index (χ2v) is 8.86. The number of hydrogen-bond donors (Lipinski definition) is 3. The quantitative estimate of drug-likeness (QED) is 0.413. The highest BCUT2D eigenvalue weighted by Crippen LogP contribution is 2.12. The van der Waals surface area contributed by atoms with Crippen molar-refractivity contribution in [2.75, 3.05) is 13.1 Å². The van der Waals surface area contributed by atoms with Gasteiger partial charge in [0.2, 0.25) is 5.91 Å². The summed E-state index contributed by atoms with van der Waals surface area (Å²) in [7, 11) is 0. The number of rotatable bonds is 10. The molecule has 0 saturated heterocycles. The maximum atomic E-state index is 12.3. The van der Waals surface area contributed by atoms with E-state index in [9.17, 15) is 9.59 Å². The van der Waals surface area contributed by atoms with E-state index in [1.807, 2.05) is 55.4 Å². The van der Waals surface area contributed by atoms with Gasteiger partial charge in [-0.1, -0.05) is 13.8 Å². The first-order valence-electron chi connectivity index (χ1n) is 9.31. The molecule has 25 heavy (non-hydrogen) atoms. The van der Waals surface area contributed by atoms with E-state index < -0.39 is 5.60 Å². The lowest BCUT2D eigenvalue weighted by molar-refractivity contribution is -0.158. The van der Waals surface area contributed by atoms with Gasteiger partial charge in [0.25, 0.3) is 0 Å². The van der Waals surface area contributed by atoms with Gasteiger partial charge in [0.05, 0.1) is 6.54 Å². The number of hydrogen-bond acceptors (Lipinski definition) is 5. The maximum absolute atomic E-state index is 12.3. The number of nitrogens with one attached hydrogen (secondary N) is 3. The van der Waals surface area contributed by atoms with Crippen molar-refractivity contribution in [2.45, 2.75) is 97.9 Å². The van der Waals surface area contributed by atoms with Crippen molar-refractivity contribution in [3.63, 3.8) is 0 Å². The summed E-state index contributed by atoms with van der Waals surface area (Å²) in [5.74, 6) is -0.210. The number of unbranched alkanes of at least 4 members (excludes halogenated alkanes) is 1. The zero-order valence-corrected chi connectivity index (χ0v) is 17.4. The molecule has 1 unspecified atom stereocenters. The van der Waals surface area contributed by atoms with E-state index in [0.717, 1.165) is 12.8 Å². The fourth-order valence-electron chi connectivity index (χ4n) is 2.15. The summed E-state index contributed by atoms with van der Waals surface area (Å²) in [5, 5.41) is 9.32. The van der Waals surface area contributed by atoms with Crippen molar-refractivity contribution >= 4 is 11.9 Å². The minimum atomic E-state index is -0.484. The smallest absolute Gasteiger partial charge is 0.323 e. The van der Waals surface area contributed by atoms with E-state index in [2.05, 4.69) is 16.0 Å². The predicted molar refractivity (Wildman–Crippen MR) is 103 cm³/mol. The Morgan fingerprint density at radius 3 is 2.08 bits per heavy atom. The van der Waals surface area contributed by atoms with Gasteiger partial charge in [-0.3, -0.25) is 9.59 Å². The van der Waals surface area contributed by atoms with Crippen molar-refractivity contribution in [2.24, 2.45) is 0 Å². The summed E-state index contributed by atoms with van der Waals surface area (Å²) in [6, 6.07) is -0.0989. The van der Waals surface area contributed by atoms with Gasteiger partial charge in [-0.25, -0.2) is 0 Å². The van der Waals surface area contributed by atoms with Crippen LogP contribution in [0.1, 0.15) is 74.7 Å². The SMILES string of the molecule is CC(C)NC(CCCCNC(=O)CNC(C)(C)C)C(=O)OC(C)(C)C. The Hall–Kier alpha value is -1.14. The fourth-order valence-corrected chi connectivity index (χ4v) is 2.15. The Labute approximate surface area is 153 Å². The standard InChI is InChI=1S/C19H39N3O3/c1-14(2)22-15(17(24)25-19(6,7)8)11-9-10-12-20-16(23)13-21-18(3,4)5/h14-15,21-22H,9-13H2,1-8H3,(H,20,23). The van der Waals surface area contributed by atoms with Crippen molar-refractivity contribution in [1.82, 2.24) is 16.0 Å². The number of esters is 1. The average Bonchev–Trinajstić information content (AvgIpc) is 2.40. The summed E-state index contributed by atoms with van der Waals surface area (Å²) in [6.07, 6.45) is 2.38. The Morgan fingerprint density at radius 1 is 1.00 bits per heavy atom. The van der Waals surface area contributed by atoms with Gasteiger partial charge in [-0.05, 0) is 60.8 Å². The third kappa shape index (κ3) is 14.9. The lowest BCUT2D eigenvalue weighted by Gasteiger charge is -2.26. The van der Waals surface area contributed by atoms with Crippen LogP contribution in [0.25, 0.3) is 0 Å². The Kier molecular flexibility index (Phi) is 10.3. The first-order valence-corrected chi connectivity index (χ1v) is 9.31. The van der Waals surface area contributed by atoms with Gasteiger partial charge in [0, 0.05) is 18.1 Å². The third-order valence-corrected chi connectivity index (χ3v) is 3.25. The zero-order valence-electron chi connectivity index (χ0n) is 17.4. The lowest BCUT2D eigenvalue weighted by atomic mass is 10.1.